The first-order valence-electron chi connectivity index (χ1n) is 9.77. The Kier molecular flexibility index (Phi) is 5.10. The summed E-state index contributed by atoms with van der Waals surface area (Å²) < 4.78 is 19.6. The molecular weight excluding hydrogens is 345 g/mol. The Morgan fingerprint density at radius 3 is 2.26 bits per heavy atom. The van der Waals surface area contributed by atoms with Gasteiger partial charge in [-0.1, -0.05) is 0 Å². The van der Waals surface area contributed by atoms with Gasteiger partial charge in [0.1, 0.15) is 5.60 Å². The Hall–Kier alpha value is -1.54. The summed E-state index contributed by atoms with van der Waals surface area (Å²) in [4.78, 5) is 14.0. The normalized spacial score (nSPS) is 22.9. The summed E-state index contributed by atoms with van der Waals surface area (Å²) >= 11 is 0. The zero-order valence-electron chi connectivity index (χ0n) is 17.6. The lowest BCUT2D eigenvalue weighted by Crippen LogP contribution is -2.42. The topological polar surface area (TPSA) is 65.8 Å². The molecule has 2 saturated heterocycles. The van der Waals surface area contributed by atoms with Crippen molar-refractivity contribution in [2.24, 2.45) is 0 Å². The smallest absolute Gasteiger partial charge is 0.444 e. The van der Waals surface area contributed by atoms with Crippen molar-refractivity contribution < 1.29 is 18.8 Å². The van der Waals surface area contributed by atoms with Gasteiger partial charge in [-0.15, -0.1) is 0 Å². The molecule has 3 rings (SSSR count). The third-order valence-corrected chi connectivity index (χ3v) is 5.61. The summed E-state index contributed by atoms with van der Waals surface area (Å²) in [5.74, 6) is 0. The maximum absolute atomic E-state index is 12.2. The van der Waals surface area contributed by atoms with Crippen molar-refractivity contribution in [3.05, 3.63) is 12.3 Å². The second kappa shape index (κ2) is 6.81. The van der Waals surface area contributed by atoms with Crippen molar-refractivity contribution in [3.8, 4) is 0 Å². The minimum atomic E-state index is -0.465. The fraction of sp³-hybridized carbons (Fsp3) is 0.789. The molecule has 0 spiro atoms. The molecule has 1 aromatic rings. The molecule has 7 nitrogen and oxygen atoms in total. The van der Waals surface area contributed by atoms with Gasteiger partial charge in [0.2, 0.25) is 0 Å². The van der Waals surface area contributed by atoms with Crippen LogP contribution in [0, 0.1) is 0 Å². The molecule has 0 unspecified atom stereocenters. The summed E-state index contributed by atoms with van der Waals surface area (Å²) in [6.45, 7) is 15.2. The van der Waals surface area contributed by atoms with E-state index < -0.39 is 12.7 Å². The quantitative estimate of drug-likeness (QED) is 0.742. The number of hydrogen-bond acceptors (Lipinski definition) is 5. The molecule has 0 bridgehead atoms. The molecule has 2 aliphatic heterocycles. The largest absolute Gasteiger partial charge is 0.516 e. The summed E-state index contributed by atoms with van der Waals surface area (Å²) in [7, 11) is -0.446. The van der Waals surface area contributed by atoms with E-state index in [-0.39, 0.29) is 23.3 Å². The van der Waals surface area contributed by atoms with Gasteiger partial charge >= 0.3 is 13.2 Å². The van der Waals surface area contributed by atoms with E-state index in [9.17, 15) is 4.79 Å². The van der Waals surface area contributed by atoms with Crippen LogP contribution in [0.2, 0.25) is 0 Å². The molecule has 1 amide bonds. The van der Waals surface area contributed by atoms with Crippen LogP contribution < -0.4 is 5.59 Å². The molecule has 27 heavy (non-hydrogen) atoms. The number of carbonyl (C=O) groups is 1. The summed E-state index contributed by atoms with van der Waals surface area (Å²) in [5, 5.41) is 4.71. The summed E-state index contributed by atoms with van der Waals surface area (Å²) in [5.41, 5.74) is -0.420. The lowest BCUT2D eigenvalue weighted by molar-refractivity contribution is 0.00578. The number of rotatable bonds is 2. The predicted octanol–water partition coefficient (Wildman–Crippen LogP) is 2.75. The molecule has 0 radical (unpaired) electrons. The molecular formula is C19H32BN3O4. The molecule has 8 heteroatoms. The standard InChI is InChI=1S/C19H32BN3O4/c1-17(2,3)25-16(24)22-11-8-14(9-12-22)23-13-10-15(21-23)20-26-18(4,5)19(6,7)27-20/h10,13-14H,8-9,11-12H2,1-7H3. The van der Waals surface area contributed by atoms with Gasteiger partial charge in [0, 0.05) is 19.3 Å². The second-order valence-corrected chi connectivity index (χ2v) is 9.51. The average molecular weight is 377 g/mol. The van der Waals surface area contributed by atoms with Crippen LogP contribution in [0.25, 0.3) is 0 Å². The van der Waals surface area contributed by atoms with E-state index in [0.29, 0.717) is 13.1 Å². The molecule has 0 saturated carbocycles. The zero-order valence-corrected chi connectivity index (χ0v) is 17.6. The Balaban J connectivity index is 1.58. The fourth-order valence-electron chi connectivity index (χ4n) is 3.29. The Morgan fingerprint density at radius 1 is 1.19 bits per heavy atom. The van der Waals surface area contributed by atoms with Gasteiger partial charge in [-0.25, -0.2) is 4.79 Å². The van der Waals surface area contributed by atoms with Crippen molar-refractivity contribution in [3.63, 3.8) is 0 Å². The fourth-order valence-corrected chi connectivity index (χ4v) is 3.29. The molecule has 3 heterocycles. The molecule has 0 aliphatic carbocycles. The van der Waals surface area contributed by atoms with Crippen LogP contribution >= 0.6 is 0 Å². The van der Waals surface area contributed by atoms with Gasteiger partial charge in [0.25, 0.3) is 0 Å². The van der Waals surface area contributed by atoms with Crippen molar-refractivity contribution in [1.29, 1.82) is 0 Å². The second-order valence-electron chi connectivity index (χ2n) is 9.51. The number of aromatic nitrogens is 2. The lowest BCUT2D eigenvalue weighted by atomic mass is 9.85. The van der Waals surface area contributed by atoms with Crippen molar-refractivity contribution >= 4 is 18.8 Å². The third kappa shape index (κ3) is 4.32. The number of carbonyl (C=O) groups excluding carboxylic acids is 1. The predicted molar refractivity (Wildman–Crippen MR) is 104 cm³/mol. The maximum atomic E-state index is 12.2. The Bertz CT molecular complexity index is 671. The molecule has 2 aliphatic rings. The Morgan fingerprint density at radius 2 is 1.74 bits per heavy atom. The molecule has 1 aromatic heterocycles. The van der Waals surface area contributed by atoms with Crippen molar-refractivity contribution in [2.45, 2.75) is 84.2 Å². The van der Waals surface area contributed by atoms with E-state index >= 15 is 0 Å². The van der Waals surface area contributed by atoms with E-state index in [4.69, 9.17) is 19.1 Å². The number of piperidine rings is 1. The van der Waals surface area contributed by atoms with Crippen LogP contribution in [-0.4, -0.2) is 57.8 Å². The van der Waals surface area contributed by atoms with Crippen molar-refractivity contribution in [2.75, 3.05) is 13.1 Å². The van der Waals surface area contributed by atoms with Gasteiger partial charge in [-0.2, -0.15) is 5.10 Å². The highest BCUT2D eigenvalue weighted by molar-refractivity contribution is 6.61. The van der Waals surface area contributed by atoms with Crippen LogP contribution in [-0.2, 0) is 14.0 Å². The first kappa shape index (κ1) is 20.2. The molecule has 0 N–H and O–H groups in total. The molecule has 2 fully saturated rings. The first-order chi connectivity index (χ1) is 12.4. The van der Waals surface area contributed by atoms with Crippen LogP contribution in [0.15, 0.2) is 12.3 Å². The number of amides is 1. The van der Waals surface area contributed by atoms with E-state index in [2.05, 4.69) is 0 Å². The number of likely N-dealkylation sites (tertiary alicyclic amines) is 1. The van der Waals surface area contributed by atoms with Crippen LogP contribution in [0.5, 0.6) is 0 Å². The van der Waals surface area contributed by atoms with Crippen molar-refractivity contribution in [1.82, 2.24) is 14.7 Å². The van der Waals surface area contributed by atoms with E-state index in [0.717, 1.165) is 18.4 Å². The van der Waals surface area contributed by atoms with Gasteiger partial charge < -0.3 is 18.9 Å². The monoisotopic (exact) mass is 377 g/mol. The van der Waals surface area contributed by atoms with Crippen LogP contribution in [0.1, 0.15) is 67.3 Å². The van der Waals surface area contributed by atoms with Crippen LogP contribution in [0.4, 0.5) is 4.79 Å². The van der Waals surface area contributed by atoms with E-state index in [1.54, 1.807) is 4.90 Å². The van der Waals surface area contributed by atoms with Gasteiger partial charge in [0.15, 0.2) is 0 Å². The number of nitrogens with zero attached hydrogens (tertiary/aromatic N) is 3. The highest BCUT2D eigenvalue weighted by Gasteiger charge is 2.52. The molecule has 150 valence electrons. The van der Waals surface area contributed by atoms with Gasteiger partial charge in [0.05, 0.1) is 22.8 Å². The average Bonchev–Trinajstić information content (AvgIpc) is 3.09. The Labute approximate surface area is 162 Å². The molecule has 0 aromatic carbocycles. The number of ether oxygens (including phenoxy) is 1. The lowest BCUT2D eigenvalue weighted by Gasteiger charge is -2.33. The first-order valence-corrected chi connectivity index (χ1v) is 9.77. The summed E-state index contributed by atoms with van der Waals surface area (Å²) in [6, 6.07) is 2.22. The van der Waals surface area contributed by atoms with Gasteiger partial charge in [-0.3, -0.25) is 4.68 Å². The third-order valence-electron chi connectivity index (χ3n) is 5.61. The SMILES string of the molecule is CC(C)(C)OC(=O)N1CCC(n2ccc(B3OC(C)(C)C(C)(C)O3)n2)CC1. The molecule has 0 atom stereocenters. The minimum Gasteiger partial charge on any atom is -0.444 e. The van der Waals surface area contributed by atoms with E-state index in [1.165, 1.54) is 0 Å². The van der Waals surface area contributed by atoms with E-state index in [1.807, 2.05) is 65.4 Å². The summed E-state index contributed by atoms with van der Waals surface area (Å²) in [6.07, 6.45) is 3.45. The highest BCUT2D eigenvalue weighted by Crippen LogP contribution is 2.36. The number of hydrogen-bond donors (Lipinski definition) is 0. The highest BCUT2D eigenvalue weighted by atomic mass is 16.7. The minimum absolute atomic E-state index is 0.237. The zero-order chi connectivity index (χ0) is 20.0. The van der Waals surface area contributed by atoms with Crippen LogP contribution in [0.3, 0.4) is 0 Å². The maximum Gasteiger partial charge on any atom is 0.516 e. The van der Waals surface area contributed by atoms with Gasteiger partial charge in [-0.05, 0) is 67.4 Å².